The quantitative estimate of drug-likeness (QED) is 0.118. The lowest BCUT2D eigenvalue weighted by Gasteiger charge is -2.39. The SMILES string of the molecule is COc1cc(-c2ccc(C(=O)N3CCC(N(C)CCN(C)C4CCN(C(=O)c5ccc(-c6cc(OC)c(OC)c(OC)c6)cc5)CC4)CC3)cc2)cc(OC)c1OC.Cl.Cl. The first-order chi connectivity index (χ1) is 28.1. The lowest BCUT2D eigenvalue weighted by Crippen LogP contribution is -2.49. The largest absolute Gasteiger partial charge is 0.493 e. The average Bonchev–Trinajstić information content (AvgIpc) is 3.29. The summed E-state index contributed by atoms with van der Waals surface area (Å²) in [5.41, 5.74) is 5.10. The van der Waals surface area contributed by atoms with Gasteiger partial charge in [-0.3, -0.25) is 9.59 Å². The number of likely N-dealkylation sites (N-methyl/N-ethyl adjacent to an activating group) is 2. The molecule has 0 unspecified atom stereocenters. The minimum absolute atomic E-state index is 0. The fourth-order valence-corrected chi connectivity index (χ4v) is 8.17. The Bertz CT molecular complexity index is 1820. The van der Waals surface area contributed by atoms with Crippen LogP contribution in [0.5, 0.6) is 34.5 Å². The van der Waals surface area contributed by atoms with Crippen molar-refractivity contribution < 1.29 is 38.0 Å². The molecular formula is C46H60Cl2N4O8. The summed E-state index contributed by atoms with van der Waals surface area (Å²) in [6, 6.07) is 23.9. The van der Waals surface area contributed by atoms with Gasteiger partial charge >= 0.3 is 0 Å². The molecule has 2 aliphatic heterocycles. The Hall–Kier alpha value is -4.88. The third-order valence-electron chi connectivity index (χ3n) is 11.8. The normalized spacial score (nSPS) is 14.6. The van der Waals surface area contributed by atoms with Crippen LogP contribution < -0.4 is 28.4 Å². The Morgan fingerprint density at radius 2 is 0.767 bits per heavy atom. The minimum Gasteiger partial charge on any atom is -0.493 e. The fourth-order valence-electron chi connectivity index (χ4n) is 8.17. The fraction of sp³-hybridized carbons (Fsp3) is 0.435. The molecule has 0 N–H and O–H groups in total. The second kappa shape index (κ2) is 22.1. The van der Waals surface area contributed by atoms with Crippen molar-refractivity contribution in [1.82, 2.24) is 19.6 Å². The summed E-state index contributed by atoms with van der Waals surface area (Å²) in [6.07, 6.45) is 3.78. The molecule has 0 radical (unpaired) electrons. The van der Waals surface area contributed by atoms with Crippen LogP contribution in [0.1, 0.15) is 46.4 Å². The summed E-state index contributed by atoms with van der Waals surface area (Å²) in [5.74, 6) is 3.55. The highest BCUT2D eigenvalue weighted by atomic mass is 35.5. The highest BCUT2D eigenvalue weighted by molar-refractivity contribution is 5.95. The van der Waals surface area contributed by atoms with E-state index in [9.17, 15) is 9.59 Å². The molecule has 14 heteroatoms. The number of hydrogen-bond donors (Lipinski definition) is 0. The Morgan fingerprint density at radius 1 is 0.483 bits per heavy atom. The van der Waals surface area contributed by atoms with Gasteiger partial charge in [0.15, 0.2) is 23.0 Å². The van der Waals surface area contributed by atoms with Gasteiger partial charge in [0, 0.05) is 62.5 Å². The van der Waals surface area contributed by atoms with Gasteiger partial charge in [0.05, 0.1) is 42.7 Å². The molecule has 0 saturated carbocycles. The standard InChI is InChI=1S/C46H58N4O8.2ClH/c1-47(37-17-21-49(22-18-37)45(51)33-13-9-31(10-14-33)35-27-39(53-3)43(57-7)40(28-35)54-4)25-26-48(2)38-19-23-50(24-20-38)46(52)34-15-11-32(12-16-34)36-29-41(55-5)44(58-8)42(30-36)56-6;;/h9-16,27-30,37-38H,17-26H2,1-8H3;2*1H. The number of nitrogens with zero attached hydrogens (tertiary/aromatic N) is 4. The van der Waals surface area contributed by atoms with Gasteiger partial charge in [-0.15, -0.1) is 24.8 Å². The number of ether oxygens (including phenoxy) is 6. The van der Waals surface area contributed by atoms with E-state index in [0.717, 1.165) is 87.2 Å². The second-order valence-electron chi connectivity index (χ2n) is 15.0. The molecule has 4 aromatic carbocycles. The third kappa shape index (κ3) is 10.7. The second-order valence-corrected chi connectivity index (χ2v) is 15.0. The molecule has 0 bridgehead atoms. The monoisotopic (exact) mass is 866 g/mol. The molecule has 0 spiro atoms. The van der Waals surface area contributed by atoms with Crippen molar-refractivity contribution >= 4 is 36.6 Å². The highest BCUT2D eigenvalue weighted by Gasteiger charge is 2.29. The molecule has 0 atom stereocenters. The summed E-state index contributed by atoms with van der Waals surface area (Å²) in [5, 5.41) is 0. The van der Waals surface area contributed by atoms with Crippen LogP contribution in [0.2, 0.25) is 0 Å². The number of hydrogen-bond acceptors (Lipinski definition) is 10. The summed E-state index contributed by atoms with van der Waals surface area (Å²) < 4.78 is 33.0. The Balaban J connectivity index is 0.00000397. The van der Waals surface area contributed by atoms with E-state index in [1.807, 2.05) is 82.6 Å². The predicted octanol–water partition coefficient (Wildman–Crippen LogP) is 7.69. The molecule has 2 amide bonds. The number of piperidine rings is 2. The predicted molar refractivity (Wildman–Crippen MR) is 241 cm³/mol. The molecule has 0 aromatic heterocycles. The highest BCUT2D eigenvalue weighted by Crippen LogP contribution is 2.42. The zero-order chi connectivity index (χ0) is 41.3. The maximum atomic E-state index is 13.5. The molecule has 60 heavy (non-hydrogen) atoms. The number of benzene rings is 4. The van der Waals surface area contributed by atoms with Gasteiger partial charge in [-0.1, -0.05) is 24.3 Å². The van der Waals surface area contributed by atoms with Crippen molar-refractivity contribution in [2.24, 2.45) is 0 Å². The van der Waals surface area contributed by atoms with Crippen LogP contribution in [0.3, 0.4) is 0 Å². The van der Waals surface area contributed by atoms with Crippen LogP contribution >= 0.6 is 24.8 Å². The summed E-state index contributed by atoms with van der Waals surface area (Å²) in [4.78, 5) is 35.8. The molecule has 2 heterocycles. The first kappa shape index (κ1) is 47.8. The Labute approximate surface area is 367 Å². The Kier molecular flexibility index (Phi) is 17.6. The molecule has 2 saturated heterocycles. The maximum absolute atomic E-state index is 13.5. The van der Waals surface area contributed by atoms with E-state index in [-0.39, 0.29) is 36.6 Å². The van der Waals surface area contributed by atoms with Crippen LogP contribution in [-0.4, -0.2) is 140 Å². The van der Waals surface area contributed by atoms with E-state index >= 15 is 0 Å². The molecule has 12 nitrogen and oxygen atoms in total. The number of carbonyl (C=O) groups is 2. The number of halogens is 2. The number of rotatable bonds is 15. The van der Waals surface area contributed by atoms with Crippen LogP contribution in [0.4, 0.5) is 0 Å². The minimum atomic E-state index is 0. The van der Waals surface area contributed by atoms with Crippen molar-refractivity contribution in [2.45, 2.75) is 37.8 Å². The van der Waals surface area contributed by atoms with E-state index in [0.29, 0.717) is 57.7 Å². The van der Waals surface area contributed by atoms with Crippen molar-refractivity contribution in [3.05, 3.63) is 83.9 Å². The molecule has 326 valence electrons. The van der Waals surface area contributed by atoms with Crippen LogP contribution in [0, 0.1) is 0 Å². The van der Waals surface area contributed by atoms with E-state index in [1.54, 1.807) is 42.7 Å². The molecule has 2 fully saturated rings. The summed E-state index contributed by atoms with van der Waals surface area (Å²) >= 11 is 0. The number of amides is 2. The van der Waals surface area contributed by atoms with Gasteiger partial charge < -0.3 is 48.0 Å². The molecule has 6 rings (SSSR count). The summed E-state index contributed by atoms with van der Waals surface area (Å²) in [6.45, 7) is 4.85. The molecule has 0 aliphatic carbocycles. The van der Waals surface area contributed by atoms with Crippen LogP contribution in [-0.2, 0) is 0 Å². The lowest BCUT2D eigenvalue weighted by molar-refractivity contribution is 0.0583. The zero-order valence-corrected chi connectivity index (χ0v) is 37.7. The summed E-state index contributed by atoms with van der Waals surface area (Å²) in [7, 11) is 14.0. The van der Waals surface area contributed by atoms with Crippen LogP contribution in [0.15, 0.2) is 72.8 Å². The maximum Gasteiger partial charge on any atom is 0.253 e. The lowest BCUT2D eigenvalue weighted by atomic mass is 10.00. The molecule has 4 aromatic rings. The van der Waals surface area contributed by atoms with Crippen molar-refractivity contribution in [1.29, 1.82) is 0 Å². The Morgan fingerprint density at radius 3 is 1.02 bits per heavy atom. The van der Waals surface area contributed by atoms with Crippen molar-refractivity contribution in [2.75, 3.05) is 96.0 Å². The van der Waals surface area contributed by atoms with Gasteiger partial charge in [-0.2, -0.15) is 0 Å². The number of carbonyl (C=O) groups excluding carboxylic acids is 2. The van der Waals surface area contributed by atoms with Gasteiger partial charge in [-0.25, -0.2) is 0 Å². The smallest absolute Gasteiger partial charge is 0.253 e. The third-order valence-corrected chi connectivity index (χ3v) is 11.8. The topological polar surface area (TPSA) is 102 Å². The molecule has 2 aliphatic rings. The molecular weight excluding hydrogens is 807 g/mol. The number of methoxy groups -OCH3 is 6. The van der Waals surface area contributed by atoms with E-state index in [4.69, 9.17) is 28.4 Å². The van der Waals surface area contributed by atoms with Gasteiger partial charge in [-0.05, 0) is 111 Å². The average molecular weight is 868 g/mol. The van der Waals surface area contributed by atoms with Crippen molar-refractivity contribution in [3.8, 4) is 56.8 Å². The zero-order valence-electron chi connectivity index (χ0n) is 36.0. The van der Waals surface area contributed by atoms with Gasteiger partial charge in [0.2, 0.25) is 11.5 Å². The number of likely N-dealkylation sites (tertiary alicyclic amines) is 2. The van der Waals surface area contributed by atoms with Crippen LogP contribution in [0.25, 0.3) is 22.3 Å². The van der Waals surface area contributed by atoms with E-state index in [2.05, 4.69) is 23.9 Å². The first-order valence-electron chi connectivity index (χ1n) is 19.9. The first-order valence-corrected chi connectivity index (χ1v) is 19.9. The van der Waals surface area contributed by atoms with E-state index < -0.39 is 0 Å². The van der Waals surface area contributed by atoms with Gasteiger partial charge in [0.1, 0.15) is 0 Å². The van der Waals surface area contributed by atoms with E-state index in [1.165, 1.54) is 0 Å². The van der Waals surface area contributed by atoms with Crippen molar-refractivity contribution in [3.63, 3.8) is 0 Å². The van der Waals surface area contributed by atoms with Gasteiger partial charge in [0.25, 0.3) is 11.8 Å².